The lowest BCUT2D eigenvalue weighted by Crippen LogP contribution is -2.58. The lowest BCUT2D eigenvalue weighted by atomic mass is 9.48. The SMILES string of the molecule is CC(=O)O[C@]1(C(C)=O)CCC2C3C=CC4=CC(=O)CCC4(C)C3CCC21C. The molecule has 2 fully saturated rings. The van der Waals surface area contributed by atoms with E-state index in [1.807, 2.05) is 6.08 Å². The van der Waals surface area contributed by atoms with E-state index in [0.29, 0.717) is 30.6 Å². The van der Waals surface area contributed by atoms with Gasteiger partial charge in [0, 0.05) is 18.8 Å². The highest BCUT2D eigenvalue weighted by Crippen LogP contribution is 2.67. The fourth-order valence-electron chi connectivity index (χ4n) is 7.06. The standard InChI is InChI=1S/C23H30O4/c1-14(24)23(27-15(2)25)12-9-20-18-6-5-16-13-17(26)7-10-21(16,3)19(18)8-11-22(20,23)4/h5-6,13,18-20H,7-12H2,1-4H3/t18?,19?,20?,21?,22?,23-/m0/s1. The molecule has 4 aliphatic carbocycles. The smallest absolute Gasteiger partial charge is 0.303 e. The number of carbonyl (C=O) groups is 3. The van der Waals surface area contributed by atoms with Crippen LogP contribution in [0, 0.1) is 28.6 Å². The Morgan fingerprint density at radius 3 is 2.44 bits per heavy atom. The molecule has 4 aliphatic rings. The third-order valence-corrected chi connectivity index (χ3v) is 8.52. The molecule has 0 aromatic heterocycles. The molecule has 0 amide bonds. The van der Waals surface area contributed by atoms with Gasteiger partial charge in [-0.3, -0.25) is 14.4 Å². The van der Waals surface area contributed by atoms with Gasteiger partial charge >= 0.3 is 5.97 Å². The molecule has 0 aromatic carbocycles. The summed E-state index contributed by atoms with van der Waals surface area (Å²) in [7, 11) is 0. The lowest BCUT2D eigenvalue weighted by molar-refractivity contribution is -0.185. The molecule has 0 bridgehead atoms. The number of ether oxygens (including phenoxy) is 1. The highest BCUT2D eigenvalue weighted by molar-refractivity contribution is 5.92. The van der Waals surface area contributed by atoms with Gasteiger partial charge in [0.25, 0.3) is 0 Å². The molecule has 0 saturated heterocycles. The predicted molar refractivity (Wildman–Crippen MR) is 102 cm³/mol. The summed E-state index contributed by atoms with van der Waals surface area (Å²) in [6.45, 7) is 7.46. The minimum Gasteiger partial charge on any atom is -0.451 e. The van der Waals surface area contributed by atoms with E-state index in [9.17, 15) is 14.4 Å². The van der Waals surface area contributed by atoms with Crippen molar-refractivity contribution in [3.63, 3.8) is 0 Å². The minimum atomic E-state index is -0.984. The number of hydrogen-bond acceptors (Lipinski definition) is 4. The summed E-state index contributed by atoms with van der Waals surface area (Å²) in [6.07, 6.45) is 11.2. The highest BCUT2D eigenvalue weighted by Gasteiger charge is 2.67. The van der Waals surface area contributed by atoms with Crippen LogP contribution in [0.3, 0.4) is 0 Å². The summed E-state index contributed by atoms with van der Waals surface area (Å²) >= 11 is 0. The van der Waals surface area contributed by atoms with Crippen LogP contribution < -0.4 is 0 Å². The van der Waals surface area contributed by atoms with Gasteiger partial charge in [-0.2, -0.15) is 0 Å². The first-order valence-corrected chi connectivity index (χ1v) is 10.3. The molecule has 146 valence electrons. The van der Waals surface area contributed by atoms with Gasteiger partial charge in [0.05, 0.1) is 0 Å². The summed E-state index contributed by atoms with van der Waals surface area (Å²) in [5.41, 5.74) is -0.0864. The van der Waals surface area contributed by atoms with Crippen LogP contribution in [0.5, 0.6) is 0 Å². The van der Waals surface area contributed by atoms with Gasteiger partial charge in [-0.1, -0.05) is 26.0 Å². The Labute approximate surface area is 161 Å². The molecule has 0 heterocycles. The highest BCUT2D eigenvalue weighted by atomic mass is 16.6. The molecule has 4 rings (SSSR count). The van der Waals surface area contributed by atoms with Crippen molar-refractivity contribution in [2.75, 3.05) is 0 Å². The first-order valence-electron chi connectivity index (χ1n) is 10.3. The van der Waals surface area contributed by atoms with Crippen molar-refractivity contribution < 1.29 is 19.1 Å². The van der Waals surface area contributed by atoms with Gasteiger partial charge in [-0.05, 0) is 73.8 Å². The van der Waals surface area contributed by atoms with Crippen LogP contribution in [0.25, 0.3) is 0 Å². The Bertz CT molecular complexity index is 777. The van der Waals surface area contributed by atoms with Crippen LogP contribution in [-0.2, 0) is 19.1 Å². The van der Waals surface area contributed by atoms with E-state index < -0.39 is 5.60 Å². The van der Waals surface area contributed by atoms with E-state index in [4.69, 9.17) is 4.74 Å². The Balaban J connectivity index is 1.75. The first-order chi connectivity index (χ1) is 12.6. The number of carbonyl (C=O) groups excluding carboxylic acids is 3. The van der Waals surface area contributed by atoms with Gasteiger partial charge in [0.2, 0.25) is 0 Å². The molecule has 4 heteroatoms. The van der Waals surface area contributed by atoms with Crippen molar-refractivity contribution in [1.82, 2.24) is 0 Å². The van der Waals surface area contributed by atoms with Gasteiger partial charge in [0.15, 0.2) is 17.2 Å². The third kappa shape index (κ3) is 2.37. The van der Waals surface area contributed by atoms with Gasteiger partial charge in [-0.15, -0.1) is 0 Å². The van der Waals surface area contributed by atoms with E-state index in [2.05, 4.69) is 26.0 Å². The van der Waals surface area contributed by atoms with Crippen molar-refractivity contribution in [2.45, 2.75) is 71.8 Å². The second-order valence-electron chi connectivity index (χ2n) is 9.60. The van der Waals surface area contributed by atoms with Crippen molar-refractivity contribution >= 4 is 17.5 Å². The molecule has 0 N–H and O–H groups in total. The fourth-order valence-corrected chi connectivity index (χ4v) is 7.06. The number of Topliss-reactive ketones (excluding diaryl/α,β-unsaturated/α-hetero) is 1. The van der Waals surface area contributed by atoms with Crippen molar-refractivity contribution in [3.05, 3.63) is 23.8 Å². The molecule has 5 unspecified atom stereocenters. The summed E-state index contributed by atoms with van der Waals surface area (Å²) in [4.78, 5) is 36.5. The zero-order chi connectivity index (χ0) is 19.6. The molecular weight excluding hydrogens is 340 g/mol. The van der Waals surface area contributed by atoms with Crippen molar-refractivity contribution in [3.8, 4) is 0 Å². The monoisotopic (exact) mass is 370 g/mol. The number of rotatable bonds is 2. The largest absolute Gasteiger partial charge is 0.451 e. The zero-order valence-corrected chi connectivity index (χ0v) is 16.8. The lowest BCUT2D eigenvalue weighted by Gasteiger charge is -2.57. The van der Waals surface area contributed by atoms with Crippen LogP contribution in [0.15, 0.2) is 23.8 Å². The van der Waals surface area contributed by atoms with E-state index in [1.165, 1.54) is 12.5 Å². The van der Waals surface area contributed by atoms with Crippen LogP contribution in [0.2, 0.25) is 0 Å². The Morgan fingerprint density at radius 1 is 1.07 bits per heavy atom. The number of ketones is 2. The maximum Gasteiger partial charge on any atom is 0.303 e. The van der Waals surface area contributed by atoms with Crippen LogP contribution in [0.1, 0.15) is 66.2 Å². The van der Waals surface area contributed by atoms with Crippen molar-refractivity contribution in [2.24, 2.45) is 28.6 Å². The molecular formula is C23H30O4. The normalized spacial score (nSPS) is 45.4. The molecule has 4 nitrogen and oxygen atoms in total. The van der Waals surface area contributed by atoms with Crippen LogP contribution >= 0.6 is 0 Å². The Hall–Kier alpha value is -1.71. The Kier molecular flexibility index (Phi) is 4.07. The summed E-state index contributed by atoms with van der Waals surface area (Å²) in [5, 5.41) is 0. The van der Waals surface area contributed by atoms with Gasteiger partial charge in [-0.25, -0.2) is 0 Å². The number of esters is 1. The zero-order valence-electron chi connectivity index (χ0n) is 16.8. The van der Waals surface area contributed by atoms with E-state index >= 15 is 0 Å². The molecule has 27 heavy (non-hydrogen) atoms. The molecule has 0 aromatic rings. The summed E-state index contributed by atoms with van der Waals surface area (Å²) < 4.78 is 5.79. The predicted octanol–water partition coefficient (Wildman–Crippen LogP) is 4.19. The maximum absolute atomic E-state index is 12.7. The third-order valence-electron chi connectivity index (χ3n) is 8.52. The van der Waals surface area contributed by atoms with Crippen molar-refractivity contribution in [1.29, 1.82) is 0 Å². The minimum absolute atomic E-state index is 0.0176. The molecule has 6 atom stereocenters. The second-order valence-corrected chi connectivity index (χ2v) is 9.60. The second kappa shape index (κ2) is 5.89. The molecule has 2 saturated carbocycles. The topological polar surface area (TPSA) is 60.4 Å². The average molecular weight is 370 g/mol. The number of allylic oxidation sites excluding steroid dienone is 4. The first kappa shape index (κ1) is 18.6. The molecule has 0 aliphatic heterocycles. The van der Waals surface area contributed by atoms with Crippen LogP contribution in [0.4, 0.5) is 0 Å². The average Bonchev–Trinajstić information content (AvgIpc) is 2.89. The van der Waals surface area contributed by atoms with E-state index in [-0.39, 0.29) is 28.4 Å². The van der Waals surface area contributed by atoms with Crippen LogP contribution in [-0.4, -0.2) is 23.1 Å². The fraction of sp³-hybridized carbons (Fsp3) is 0.696. The summed E-state index contributed by atoms with van der Waals surface area (Å²) in [6, 6.07) is 0. The quantitative estimate of drug-likeness (QED) is 0.684. The molecule has 0 spiro atoms. The van der Waals surface area contributed by atoms with E-state index in [0.717, 1.165) is 25.7 Å². The molecule has 0 radical (unpaired) electrons. The Morgan fingerprint density at radius 2 is 1.78 bits per heavy atom. The van der Waals surface area contributed by atoms with E-state index in [1.54, 1.807) is 6.92 Å². The number of hydrogen-bond donors (Lipinski definition) is 0. The summed E-state index contributed by atoms with van der Waals surface area (Å²) in [5.74, 6) is 1.03. The number of fused-ring (bicyclic) bond motifs is 5. The van der Waals surface area contributed by atoms with Gasteiger partial charge < -0.3 is 4.74 Å². The van der Waals surface area contributed by atoms with Gasteiger partial charge in [0.1, 0.15) is 0 Å². The maximum atomic E-state index is 12.7.